The monoisotopic (exact) mass is 383 g/mol. The van der Waals surface area contributed by atoms with E-state index in [2.05, 4.69) is 31.0 Å². The van der Waals surface area contributed by atoms with E-state index in [-0.39, 0.29) is 13.2 Å². The van der Waals surface area contributed by atoms with Crippen LogP contribution in [-0.2, 0) is 17.5 Å². The van der Waals surface area contributed by atoms with Crippen molar-refractivity contribution in [3.05, 3.63) is 32.2 Å². The number of nitrogens with zero attached hydrogens (tertiary/aromatic N) is 3. The third-order valence-corrected chi connectivity index (χ3v) is 4.02. The summed E-state index contributed by atoms with van der Waals surface area (Å²) in [7, 11) is 0. The van der Waals surface area contributed by atoms with Crippen molar-refractivity contribution in [3.8, 4) is 0 Å². The molecule has 0 atom stereocenters. The quantitative estimate of drug-likeness (QED) is 0.759. The molecule has 5 nitrogen and oxygen atoms in total. The number of halogens is 4. The predicted octanol–water partition coefficient (Wildman–Crippen LogP) is 3.35. The van der Waals surface area contributed by atoms with Gasteiger partial charge >= 0.3 is 12.1 Å². The first-order chi connectivity index (χ1) is 9.82. The summed E-state index contributed by atoms with van der Waals surface area (Å²) >= 11 is 4.50. The maximum absolute atomic E-state index is 13.1. The van der Waals surface area contributed by atoms with Gasteiger partial charge in [-0.2, -0.15) is 13.2 Å². The number of rotatable bonds is 4. The van der Waals surface area contributed by atoms with Crippen LogP contribution in [0.2, 0.25) is 0 Å². The highest BCUT2D eigenvalue weighted by molar-refractivity contribution is 9.11. The second kappa shape index (κ2) is 6.14. The van der Waals surface area contributed by atoms with Crippen LogP contribution in [0.25, 0.3) is 0 Å². The van der Waals surface area contributed by atoms with Crippen molar-refractivity contribution < 1.29 is 22.7 Å². The van der Waals surface area contributed by atoms with Gasteiger partial charge in [0.1, 0.15) is 0 Å². The highest BCUT2D eigenvalue weighted by Crippen LogP contribution is 2.32. The lowest BCUT2D eigenvalue weighted by Gasteiger charge is -2.10. The molecule has 2 rings (SSSR count). The summed E-state index contributed by atoms with van der Waals surface area (Å²) in [4.78, 5) is 12.2. The molecule has 0 unspecified atom stereocenters. The Morgan fingerprint density at radius 1 is 1.48 bits per heavy atom. The molecule has 0 amide bonds. The molecule has 0 bridgehead atoms. The number of thiophene rings is 1. The fourth-order valence-electron chi connectivity index (χ4n) is 1.63. The average molecular weight is 384 g/mol. The Bertz CT molecular complexity index is 653. The van der Waals surface area contributed by atoms with E-state index in [0.717, 1.165) is 3.79 Å². The molecule has 10 heteroatoms. The van der Waals surface area contributed by atoms with Gasteiger partial charge in [-0.1, -0.05) is 5.21 Å². The third-order valence-electron chi connectivity index (χ3n) is 2.41. The zero-order valence-corrected chi connectivity index (χ0v) is 13.0. The van der Waals surface area contributed by atoms with Crippen LogP contribution in [0.4, 0.5) is 13.2 Å². The molecule has 0 N–H and O–H groups in total. The molecule has 0 radical (unpaired) electrons. The Balaban J connectivity index is 2.39. The molecule has 0 spiro atoms. The van der Waals surface area contributed by atoms with Crippen LogP contribution in [0, 0.1) is 0 Å². The van der Waals surface area contributed by atoms with Gasteiger partial charge in [0.2, 0.25) is 5.69 Å². The summed E-state index contributed by atoms with van der Waals surface area (Å²) in [6.45, 7) is 1.33. The van der Waals surface area contributed by atoms with Gasteiger partial charge < -0.3 is 4.74 Å². The topological polar surface area (TPSA) is 57.0 Å². The second-order valence-corrected chi connectivity index (χ2v) is 6.42. The molecular weight excluding hydrogens is 375 g/mol. The van der Waals surface area contributed by atoms with Crippen LogP contribution in [-0.4, -0.2) is 27.6 Å². The molecule has 0 aliphatic carbocycles. The van der Waals surface area contributed by atoms with Crippen molar-refractivity contribution in [2.45, 2.75) is 19.6 Å². The molecule has 0 saturated carbocycles. The van der Waals surface area contributed by atoms with E-state index in [9.17, 15) is 18.0 Å². The maximum Gasteiger partial charge on any atom is 0.435 e. The molecule has 2 aromatic rings. The van der Waals surface area contributed by atoms with E-state index in [4.69, 9.17) is 0 Å². The van der Waals surface area contributed by atoms with Crippen molar-refractivity contribution in [2.24, 2.45) is 0 Å². The summed E-state index contributed by atoms with van der Waals surface area (Å²) in [6.07, 6.45) is -4.75. The van der Waals surface area contributed by atoms with Crippen molar-refractivity contribution in [2.75, 3.05) is 6.61 Å². The molecule has 0 aliphatic rings. The van der Waals surface area contributed by atoms with Crippen LogP contribution < -0.4 is 0 Å². The van der Waals surface area contributed by atoms with Gasteiger partial charge in [-0.05, 0) is 35.0 Å². The number of ether oxygens (including phenoxy) is 1. The van der Waals surface area contributed by atoms with E-state index in [1.165, 1.54) is 18.3 Å². The fraction of sp³-hybridized carbons (Fsp3) is 0.364. The van der Waals surface area contributed by atoms with E-state index in [1.807, 2.05) is 0 Å². The van der Waals surface area contributed by atoms with Crippen LogP contribution in [0.1, 0.15) is 28.0 Å². The van der Waals surface area contributed by atoms with Gasteiger partial charge in [0, 0.05) is 4.88 Å². The van der Waals surface area contributed by atoms with Gasteiger partial charge in [0.05, 0.1) is 16.9 Å². The fourth-order valence-corrected chi connectivity index (χ4v) is 3.09. The van der Waals surface area contributed by atoms with E-state index >= 15 is 0 Å². The highest BCUT2D eigenvalue weighted by atomic mass is 79.9. The summed E-state index contributed by atoms with van der Waals surface area (Å²) in [6, 6.07) is 3.39. The Labute approximate surface area is 129 Å². The van der Waals surface area contributed by atoms with E-state index in [0.29, 0.717) is 9.56 Å². The highest BCUT2D eigenvalue weighted by Gasteiger charge is 2.42. The third kappa shape index (κ3) is 3.62. The first-order valence-corrected chi connectivity index (χ1v) is 7.36. The first-order valence-electron chi connectivity index (χ1n) is 5.75. The van der Waals surface area contributed by atoms with E-state index in [1.54, 1.807) is 12.1 Å². The maximum atomic E-state index is 13.1. The summed E-state index contributed by atoms with van der Waals surface area (Å²) in [5.41, 5.74) is -2.02. The van der Waals surface area contributed by atoms with Crippen molar-refractivity contribution in [1.82, 2.24) is 15.0 Å². The number of alkyl halides is 3. The summed E-state index contributed by atoms with van der Waals surface area (Å²) in [5, 5.41) is 6.74. The first kappa shape index (κ1) is 16.0. The van der Waals surface area contributed by atoms with Crippen LogP contribution in [0.15, 0.2) is 15.9 Å². The molecule has 114 valence electrons. The van der Waals surface area contributed by atoms with Crippen molar-refractivity contribution >= 4 is 33.2 Å². The lowest BCUT2D eigenvalue weighted by atomic mass is 10.3. The van der Waals surface area contributed by atoms with Crippen LogP contribution in [0.3, 0.4) is 0 Å². The van der Waals surface area contributed by atoms with E-state index < -0.39 is 23.5 Å². The van der Waals surface area contributed by atoms with Crippen molar-refractivity contribution in [1.29, 1.82) is 0 Å². The lowest BCUT2D eigenvalue weighted by molar-refractivity contribution is -0.144. The van der Waals surface area contributed by atoms with Gasteiger partial charge in [0.15, 0.2) is 5.69 Å². The number of carbonyl (C=O) groups is 1. The zero-order chi connectivity index (χ0) is 15.6. The molecular formula is C11H9BrF3N3O2S. The standard InChI is InChI=1S/C11H9BrF3N3O2S/c1-2-20-10(19)8-9(11(13,14)15)18(17-16-8)5-6-3-4-7(12)21-6/h3-4H,2,5H2,1H3. The van der Waals surface area contributed by atoms with Crippen molar-refractivity contribution in [3.63, 3.8) is 0 Å². The normalized spacial score (nSPS) is 11.7. The Morgan fingerprint density at radius 3 is 2.71 bits per heavy atom. The molecule has 0 aromatic carbocycles. The molecule has 0 aliphatic heterocycles. The minimum Gasteiger partial charge on any atom is -0.461 e. The Morgan fingerprint density at radius 2 is 2.19 bits per heavy atom. The average Bonchev–Trinajstić information content (AvgIpc) is 2.96. The number of carbonyl (C=O) groups excluding carboxylic acids is 1. The van der Waals surface area contributed by atoms with Crippen LogP contribution in [0.5, 0.6) is 0 Å². The number of esters is 1. The minimum absolute atomic E-state index is 0.0408. The molecule has 0 saturated heterocycles. The summed E-state index contributed by atoms with van der Waals surface area (Å²) in [5.74, 6) is -1.14. The molecule has 2 heterocycles. The van der Waals surface area contributed by atoms with Gasteiger partial charge in [-0.15, -0.1) is 16.4 Å². The number of hydrogen-bond donors (Lipinski definition) is 0. The van der Waals surface area contributed by atoms with Gasteiger partial charge in [-0.3, -0.25) is 0 Å². The molecule has 21 heavy (non-hydrogen) atoms. The zero-order valence-electron chi connectivity index (χ0n) is 10.6. The number of aromatic nitrogens is 3. The predicted molar refractivity (Wildman–Crippen MR) is 72.1 cm³/mol. The SMILES string of the molecule is CCOC(=O)c1nnn(Cc2ccc(Br)s2)c1C(F)(F)F. The largest absolute Gasteiger partial charge is 0.461 e. The Hall–Kier alpha value is -1.42. The number of hydrogen-bond acceptors (Lipinski definition) is 5. The van der Waals surface area contributed by atoms with Gasteiger partial charge in [-0.25, -0.2) is 9.48 Å². The second-order valence-electron chi connectivity index (χ2n) is 3.87. The Kier molecular flexibility index (Phi) is 4.67. The smallest absolute Gasteiger partial charge is 0.435 e. The minimum atomic E-state index is -4.75. The van der Waals surface area contributed by atoms with Crippen LogP contribution >= 0.6 is 27.3 Å². The lowest BCUT2D eigenvalue weighted by Crippen LogP contribution is -2.19. The van der Waals surface area contributed by atoms with Gasteiger partial charge in [0.25, 0.3) is 0 Å². The molecule has 0 fully saturated rings. The summed E-state index contributed by atoms with van der Waals surface area (Å²) < 4.78 is 45.4. The molecule has 2 aromatic heterocycles.